The van der Waals surface area contributed by atoms with Crippen LogP contribution < -0.4 is 19.1 Å². The number of thiophene rings is 1. The zero-order valence-electron chi connectivity index (χ0n) is 26.8. The van der Waals surface area contributed by atoms with Gasteiger partial charge in [0.25, 0.3) is 0 Å². The molecule has 7 rings (SSSR count). The zero-order chi connectivity index (χ0) is 34.8. The molecule has 3 aliphatic heterocycles. The lowest BCUT2D eigenvalue weighted by atomic mass is 9.85. The third kappa shape index (κ3) is 7.42. The molecule has 49 heavy (non-hydrogen) atoms. The molecule has 2 aromatic carbocycles. The number of hydrogen-bond acceptors (Lipinski definition) is 8. The van der Waals surface area contributed by atoms with Gasteiger partial charge in [0.1, 0.15) is 26.8 Å². The summed E-state index contributed by atoms with van der Waals surface area (Å²) >= 11 is 14.1. The fraction of sp³-hybridized carbons (Fsp3) is 0.343. The molecule has 5 heterocycles. The van der Waals surface area contributed by atoms with Crippen molar-refractivity contribution in [2.24, 2.45) is 5.92 Å². The van der Waals surface area contributed by atoms with Crippen molar-refractivity contribution in [3.8, 4) is 11.5 Å². The van der Waals surface area contributed by atoms with Gasteiger partial charge in [-0.25, -0.2) is 14.0 Å². The van der Waals surface area contributed by atoms with Gasteiger partial charge in [0.05, 0.1) is 26.5 Å². The second-order valence-electron chi connectivity index (χ2n) is 12.1. The highest BCUT2D eigenvalue weighted by molar-refractivity contribution is 7.14. The molecule has 0 aliphatic carbocycles. The van der Waals surface area contributed by atoms with E-state index in [-0.39, 0.29) is 45.6 Å². The van der Waals surface area contributed by atoms with E-state index in [9.17, 15) is 19.9 Å². The highest BCUT2D eigenvalue weighted by Gasteiger charge is 2.38. The van der Waals surface area contributed by atoms with Crippen LogP contribution in [-0.2, 0) is 17.7 Å². The molecule has 14 heteroatoms. The summed E-state index contributed by atoms with van der Waals surface area (Å²) in [7, 11) is 3.01. The van der Waals surface area contributed by atoms with E-state index in [1.807, 2.05) is 0 Å². The summed E-state index contributed by atoms with van der Waals surface area (Å²) in [6, 6.07) is 12.9. The Kier molecular flexibility index (Phi) is 10.5. The van der Waals surface area contributed by atoms with Crippen LogP contribution in [0, 0.1) is 11.7 Å². The summed E-state index contributed by atoms with van der Waals surface area (Å²) < 4.78 is 33.0. The van der Waals surface area contributed by atoms with E-state index in [1.54, 1.807) is 30.3 Å². The van der Waals surface area contributed by atoms with E-state index < -0.39 is 23.8 Å². The predicted octanol–water partition coefficient (Wildman–Crippen LogP) is 7.05. The number of para-hydroxylation sites is 1. The first-order valence-electron chi connectivity index (χ1n) is 15.7. The molecule has 0 spiro atoms. The van der Waals surface area contributed by atoms with E-state index in [1.165, 1.54) is 49.7 Å². The Labute approximate surface area is 296 Å². The minimum absolute atomic E-state index is 0.0226. The third-order valence-corrected chi connectivity index (χ3v) is 11.0. The van der Waals surface area contributed by atoms with Crippen molar-refractivity contribution in [2.45, 2.75) is 37.8 Å². The van der Waals surface area contributed by atoms with Crippen molar-refractivity contribution in [3.05, 3.63) is 103 Å². The first-order chi connectivity index (χ1) is 23.6. The number of carboxylic acids is 1. The van der Waals surface area contributed by atoms with Gasteiger partial charge in [0.2, 0.25) is 12.4 Å². The number of carbonyl (C=O) groups is 2. The largest absolute Gasteiger partial charge is 0.493 e. The number of aromatic carboxylic acids is 1. The number of aromatic nitrogens is 1. The lowest BCUT2D eigenvalue weighted by molar-refractivity contribution is -0.904. The van der Waals surface area contributed by atoms with E-state index in [0.717, 1.165) is 42.0 Å². The number of nitrogens with zero attached hydrogens (tertiary/aromatic N) is 3. The Bertz CT molecular complexity index is 1840. The summed E-state index contributed by atoms with van der Waals surface area (Å²) in [4.78, 5) is 30.6. The number of carboxylic acid groups (broad SMARTS) is 1. The number of amides is 1. The first kappa shape index (κ1) is 34.8. The molecule has 3 fully saturated rings. The average Bonchev–Trinajstić information content (AvgIpc) is 3.51. The van der Waals surface area contributed by atoms with Crippen molar-refractivity contribution in [2.75, 3.05) is 38.8 Å². The number of rotatable bonds is 11. The van der Waals surface area contributed by atoms with Crippen molar-refractivity contribution in [3.63, 3.8) is 0 Å². The Morgan fingerprint density at radius 2 is 1.76 bits per heavy atom. The number of methoxy groups -OCH3 is 2. The number of ether oxygens (including phenoxy) is 3. The molecule has 1 amide bonds. The number of halogens is 3. The van der Waals surface area contributed by atoms with Crippen LogP contribution in [0.4, 0.5) is 14.9 Å². The van der Waals surface area contributed by atoms with Crippen LogP contribution in [0.1, 0.15) is 50.0 Å². The highest BCUT2D eigenvalue weighted by atomic mass is 35.5. The van der Waals surface area contributed by atoms with Gasteiger partial charge < -0.3 is 19.3 Å². The molecule has 258 valence electrons. The maximum atomic E-state index is 15.3. The zero-order valence-corrected chi connectivity index (χ0v) is 29.1. The van der Waals surface area contributed by atoms with Crippen molar-refractivity contribution in [1.29, 1.82) is 0 Å². The summed E-state index contributed by atoms with van der Waals surface area (Å²) in [5.41, 5.74) is 1.60. The van der Waals surface area contributed by atoms with E-state index in [0.29, 0.717) is 39.6 Å². The molecule has 2 bridgehead atoms. The summed E-state index contributed by atoms with van der Waals surface area (Å²) in [6.45, 7) is 2.42. The SMILES string of the molecule is COc1ccc([C@H](Cc2c(Cl)c[n+](O)cc2Cl)c2cc(CN(C(=O)O[C@H]3CN4CCC3CC4)c3ccccc3F)sc2C(=O)O)cc1OC. The lowest BCUT2D eigenvalue weighted by Crippen LogP contribution is -2.53. The molecule has 4 aromatic rings. The molecule has 3 saturated heterocycles. The second kappa shape index (κ2) is 14.8. The van der Waals surface area contributed by atoms with Crippen molar-refractivity contribution < 1.29 is 43.2 Å². The van der Waals surface area contributed by atoms with Crippen molar-refractivity contribution in [1.82, 2.24) is 4.90 Å². The molecule has 0 saturated carbocycles. The van der Waals surface area contributed by atoms with Gasteiger partial charge in [-0.2, -0.15) is 0 Å². The number of hydrogen-bond donors (Lipinski definition) is 2. The summed E-state index contributed by atoms with van der Waals surface area (Å²) in [5, 5.41) is 20.8. The van der Waals surface area contributed by atoms with Crippen molar-refractivity contribution >= 4 is 52.3 Å². The molecule has 3 aliphatic rings. The molecule has 0 radical (unpaired) electrons. The highest BCUT2D eigenvalue weighted by Crippen LogP contribution is 2.41. The van der Waals surface area contributed by atoms with Gasteiger partial charge in [-0.1, -0.05) is 41.4 Å². The summed E-state index contributed by atoms with van der Waals surface area (Å²) in [5.74, 6) is -1.28. The average molecular weight is 732 g/mol. The quantitative estimate of drug-likeness (QED) is 0.125. The minimum Gasteiger partial charge on any atom is -0.493 e. The van der Waals surface area contributed by atoms with Gasteiger partial charge in [0.15, 0.2) is 11.5 Å². The maximum absolute atomic E-state index is 15.3. The normalized spacial score (nSPS) is 18.9. The monoisotopic (exact) mass is 730 g/mol. The fourth-order valence-corrected chi connectivity index (χ4v) is 8.34. The lowest BCUT2D eigenvalue weighted by Gasteiger charge is -2.44. The number of fused-ring (bicyclic) bond motifs is 3. The van der Waals surface area contributed by atoms with Crippen LogP contribution in [0.5, 0.6) is 11.5 Å². The summed E-state index contributed by atoms with van der Waals surface area (Å²) in [6.07, 6.45) is 3.57. The van der Waals surface area contributed by atoms with Gasteiger partial charge in [0, 0.05) is 27.6 Å². The Balaban J connectivity index is 1.41. The molecule has 10 nitrogen and oxygen atoms in total. The Morgan fingerprint density at radius 1 is 1.06 bits per heavy atom. The van der Waals surface area contributed by atoms with E-state index in [4.69, 9.17) is 37.4 Å². The fourth-order valence-electron chi connectivity index (χ4n) is 6.69. The van der Waals surface area contributed by atoms with Gasteiger partial charge in [-0.3, -0.25) is 15.0 Å². The third-order valence-electron chi connectivity index (χ3n) is 9.19. The molecule has 2 atom stereocenters. The van der Waals surface area contributed by atoms with Crippen LogP contribution in [-0.4, -0.2) is 67.2 Å². The van der Waals surface area contributed by atoms with Crippen LogP contribution in [0.25, 0.3) is 0 Å². The van der Waals surface area contributed by atoms with Crippen LogP contribution >= 0.6 is 34.5 Å². The van der Waals surface area contributed by atoms with Crippen LogP contribution in [0.2, 0.25) is 10.0 Å². The number of anilines is 1. The van der Waals surface area contributed by atoms with E-state index >= 15 is 4.39 Å². The molecular formula is C35H35Cl2FN3O7S+. The smallest absolute Gasteiger partial charge is 0.415 e. The standard InChI is InChI=1S/C35H34Cl2FN3O7S/c1-46-30-8-7-21(13-31(30)47-2)23(15-25-26(36)17-40(45)18-27(25)37)24-14-22(49-33(24)34(42)43)16-41(29-6-4-3-5-28(29)38)35(44)48-32-19-39-11-9-20(32)10-12-39/h3-8,13-14,17-18,20,23,32H,9-12,15-16,19H2,1-2H3,(H-,42,43,45)/p+1/t23-,32-/m0/s1. The number of pyridine rings is 1. The molecule has 0 unspecified atom stereocenters. The van der Waals surface area contributed by atoms with Gasteiger partial charge in [-0.15, -0.1) is 11.3 Å². The first-order valence-corrected chi connectivity index (χ1v) is 17.2. The van der Waals surface area contributed by atoms with Gasteiger partial charge in [-0.05, 0) is 79.7 Å². The maximum Gasteiger partial charge on any atom is 0.415 e. The van der Waals surface area contributed by atoms with Gasteiger partial charge >= 0.3 is 12.1 Å². The van der Waals surface area contributed by atoms with E-state index in [2.05, 4.69) is 4.90 Å². The Morgan fingerprint density at radius 3 is 2.37 bits per heavy atom. The van der Waals surface area contributed by atoms with Crippen LogP contribution in [0.3, 0.4) is 0 Å². The number of piperidine rings is 3. The predicted molar refractivity (Wildman–Crippen MR) is 182 cm³/mol. The minimum atomic E-state index is -1.18. The number of benzene rings is 2. The molecular weight excluding hydrogens is 696 g/mol. The Hall–Kier alpha value is -4.10. The topological polar surface area (TPSA) is 113 Å². The van der Waals surface area contributed by atoms with Crippen LogP contribution in [0.15, 0.2) is 60.9 Å². The molecule has 2 N–H and O–H groups in total. The second-order valence-corrected chi connectivity index (χ2v) is 14.0. The number of carbonyl (C=O) groups excluding carboxylic acids is 1. The molecule has 2 aromatic heterocycles.